The Bertz CT molecular complexity index is 1350. The topological polar surface area (TPSA) is 4.93 Å². The first-order valence-corrected chi connectivity index (χ1v) is 12.7. The van der Waals surface area contributed by atoms with E-state index < -0.39 is 7.41 Å². The lowest BCUT2D eigenvalue weighted by atomic mass is 10.2. The molecule has 0 unspecified atom stereocenters. The molecule has 0 bridgehead atoms. The van der Waals surface area contributed by atoms with Gasteiger partial charge in [0.15, 0.2) is 0 Å². The van der Waals surface area contributed by atoms with Crippen molar-refractivity contribution in [3.8, 4) is 0 Å². The molecule has 1 nitrogen and oxygen atoms in total. The fraction of sp³-hybridized carbons (Fsp3) is 0. The Balaban J connectivity index is 1.89. The monoisotopic (exact) mass is 428 g/mol. The van der Waals surface area contributed by atoms with Crippen LogP contribution in [0.25, 0.3) is 21.8 Å². The van der Waals surface area contributed by atoms with Gasteiger partial charge < -0.3 is 0 Å². The third-order valence-corrected chi connectivity index (χ3v) is 10.4. The first kappa shape index (κ1) is 19.0. The molecule has 0 aliphatic heterocycles. The summed E-state index contributed by atoms with van der Waals surface area (Å²) in [7, 11) is -2.23. The maximum atomic E-state index is 2.65. The van der Waals surface area contributed by atoms with Gasteiger partial charge >= 0.3 is 0 Å². The molecule has 0 aliphatic carbocycles. The average molecular weight is 428 g/mol. The molecule has 6 aromatic rings. The van der Waals surface area contributed by atoms with Gasteiger partial charge in [0.1, 0.15) is 15.9 Å². The maximum Gasteiger partial charge on any atom is 0.207 e. The molecule has 32 heavy (non-hydrogen) atoms. The molecule has 0 radical (unpaired) electrons. The van der Waals surface area contributed by atoms with Crippen molar-refractivity contribution in [1.29, 1.82) is 0 Å². The van der Waals surface area contributed by atoms with E-state index in [1.807, 2.05) is 0 Å². The summed E-state index contributed by atoms with van der Waals surface area (Å²) in [5, 5.41) is 6.65. The van der Waals surface area contributed by atoms with Crippen LogP contribution >= 0.6 is 7.41 Å². The molecule has 2 heteroatoms. The lowest BCUT2D eigenvalue weighted by molar-refractivity contribution is 1.37. The van der Waals surface area contributed by atoms with Gasteiger partial charge in [0.05, 0.1) is 11.0 Å². The minimum absolute atomic E-state index is 1.28. The summed E-state index contributed by atoms with van der Waals surface area (Å²) < 4.78 is 2.65. The second-order valence-electron chi connectivity index (χ2n) is 7.99. The maximum absolute atomic E-state index is 2.65. The highest BCUT2D eigenvalue weighted by Crippen LogP contribution is 2.60. The molecule has 1 aromatic heterocycles. The first-order chi connectivity index (χ1) is 15.9. The zero-order valence-corrected chi connectivity index (χ0v) is 18.6. The molecule has 0 spiro atoms. The quantitative estimate of drug-likeness (QED) is 0.281. The molecule has 1 heterocycles. The van der Waals surface area contributed by atoms with Crippen LogP contribution in [0.3, 0.4) is 0 Å². The van der Waals surface area contributed by atoms with E-state index in [9.17, 15) is 0 Å². The second-order valence-corrected chi connectivity index (χ2v) is 11.2. The highest BCUT2D eigenvalue weighted by molar-refractivity contribution is 7.94. The normalized spacial score (nSPS) is 11.8. The van der Waals surface area contributed by atoms with Gasteiger partial charge in [-0.25, -0.2) is 4.34 Å². The fourth-order valence-electron chi connectivity index (χ4n) is 4.95. The van der Waals surface area contributed by atoms with Gasteiger partial charge in [-0.15, -0.1) is 0 Å². The molecule has 0 fully saturated rings. The Kier molecular flexibility index (Phi) is 4.63. The van der Waals surface area contributed by atoms with Crippen molar-refractivity contribution in [2.45, 2.75) is 0 Å². The molecule has 0 atom stereocenters. The van der Waals surface area contributed by atoms with Crippen molar-refractivity contribution >= 4 is 45.1 Å². The van der Waals surface area contributed by atoms with Crippen LogP contribution in [0, 0.1) is 0 Å². The summed E-state index contributed by atoms with van der Waals surface area (Å²) in [5.41, 5.74) is 2.55. The number of benzene rings is 5. The summed E-state index contributed by atoms with van der Waals surface area (Å²) in [5.74, 6) is 0. The number of aromatic nitrogens is 1. The number of fused-ring (bicyclic) bond motifs is 3. The number of hydrogen-bond acceptors (Lipinski definition) is 0. The molecule has 5 aromatic carbocycles. The molecule has 6 rings (SSSR count). The van der Waals surface area contributed by atoms with Crippen molar-refractivity contribution in [2.24, 2.45) is 0 Å². The van der Waals surface area contributed by atoms with Crippen LogP contribution < -0.4 is 15.9 Å². The summed E-state index contributed by atoms with van der Waals surface area (Å²) in [6, 6.07) is 50.8. The highest BCUT2D eigenvalue weighted by atomic mass is 31.2. The molecule has 0 N–H and O–H groups in total. The number of hydrogen-bond donors (Lipinski definition) is 0. The lowest BCUT2D eigenvalue weighted by Gasteiger charge is -2.29. The fourth-order valence-corrected chi connectivity index (χ4v) is 9.34. The Labute approximate surface area is 189 Å². The summed E-state index contributed by atoms with van der Waals surface area (Å²) in [4.78, 5) is 0. The average Bonchev–Trinajstić information content (AvgIpc) is 3.22. The van der Waals surface area contributed by atoms with Crippen LogP contribution in [0.1, 0.15) is 0 Å². The lowest BCUT2D eigenvalue weighted by Crippen LogP contribution is -2.35. The minimum atomic E-state index is -2.23. The third kappa shape index (κ3) is 2.75. The van der Waals surface area contributed by atoms with Crippen molar-refractivity contribution in [1.82, 2.24) is 4.34 Å². The van der Waals surface area contributed by atoms with E-state index in [-0.39, 0.29) is 0 Å². The van der Waals surface area contributed by atoms with Crippen LogP contribution in [-0.2, 0) is 0 Å². The largest absolute Gasteiger partial charge is 0.207 e. The van der Waals surface area contributed by atoms with E-state index in [0.717, 1.165) is 0 Å². The zero-order valence-electron chi connectivity index (χ0n) is 17.7. The Hall–Kier alpha value is -3.67. The van der Waals surface area contributed by atoms with E-state index in [4.69, 9.17) is 0 Å². The SMILES string of the molecule is c1ccc([P+](c2ccccc2)(c2ccccc2)n2c3ccccc3c3ccccc32)cc1. The minimum Gasteiger partial charge on any atom is -0.202 e. The van der Waals surface area contributed by atoms with Gasteiger partial charge in [-0.2, -0.15) is 0 Å². The van der Waals surface area contributed by atoms with Gasteiger partial charge in [0.2, 0.25) is 7.41 Å². The van der Waals surface area contributed by atoms with Gasteiger partial charge in [-0.05, 0) is 48.5 Å². The molecule has 0 aliphatic rings. The molecule has 152 valence electrons. The third-order valence-electron chi connectivity index (χ3n) is 6.24. The van der Waals surface area contributed by atoms with E-state index in [0.29, 0.717) is 0 Å². The first-order valence-electron chi connectivity index (χ1n) is 11.0. The van der Waals surface area contributed by atoms with Gasteiger partial charge in [0.25, 0.3) is 0 Å². The summed E-state index contributed by atoms with van der Waals surface area (Å²) in [6.45, 7) is 0. The van der Waals surface area contributed by atoms with Gasteiger partial charge in [-0.3, -0.25) is 0 Å². The Morgan fingerprint density at radius 2 is 0.656 bits per heavy atom. The molecular formula is C30H23NP+. The number of rotatable bonds is 4. The van der Waals surface area contributed by atoms with Crippen molar-refractivity contribution in [3.63, 3.8) is 0 Å². The number of nitrogens with zero attached hydrogens (tertiary/aromatic N) is 1. The van der Waals surface area contributed by atoms with Crippen LogP contribution in [0.4, 0.5) is 0 Å². The summed E-state index contributed by atoms with van der Waals surface area (Å²) >= 11 is 0. The van der Waals surface area contributed by atoms with Crippen LogP contribution in [-0.4, -0.2) is 4.34 Å². The van der Waals surface area contributed by atoms with Crippen LogP contribution in [0.5, 0.6) is 0 Å². The van der Waals surface area contributed by atoms with Crippen molar-refractivity contribution in [3.05, 3.63) is 140 Å². The standard InChI is InChI=1S/C30H23NP/c1-4-14-24(15-5-1)32(25-16-6-2-7-17-25,26-18-8-3-9-19-26)31-29-22-12-10-20-27(29)28-21-11-13-23-30(28)31/h1-23H/q+1. The van der Waals surface area contributed by atoms with Gasteiger partial charge in [0, 0.05) is 10.8 Å². The van der Waals surface area contributed by atoms with E-state index in [1.54, 1.807) is 0 Å². The molecular weight excluding hydrogens is 405 g/mol. The zero-order chi connectivity index (χ0) is 21.4. The van der Waals surface area contributed by atoms with E-state index in [2.05, 4.69) is 144 Å². The Morgan fingerprint density at radius 3 is 1.03 bits per heavy atom. The van der Waals surface area contributed by atoms with Gasteiger partial charge in [-0.1, -0.05) is 91.0 Å². The van der Waals surface area contributed by atoms with Crippen LogP contribution in [0.2, 0.25) is 0 Å². The second kappa shape index (κ2) is 7.79. The molecule has 0 saturated carbocycles. The molecule has 0 amide bonds. The summed E-state index contributed by atoms with van der Waals surface area (Å²) in [6.07, 6.45) is 0. The number of para-hydroxylation sites is 2. The smallest absolute Gasteiger partial charge is 0.202 e. The predicted octanol–water partition coefficient (Wildman–Crippen LogP) is 6.55. The van der Waals surface area contributed by atoms with E-state index in [1.165, 1.54) is 37.7 Å². The highest BCUT2D eigenvalue weighted by Gasteiger charge is 2.49. The van der Waals surface area contributed by atoms with Crippen molar-refractivity contribution in [2.75, 3.05) is 0 Å². The predicted molar refractivity (Wildman–Crippen MR) is 140 cm³/mol. The van der Waals surface area contributed by atoms with E-state index >= 15 is 0 Å². The Morgan fingerprint density at radius 1 is 0.344 bits per heavy atom. The van der Waals surface area contributed by atoms with Crippen LogP contribution in [0.15, 0.2) is 140 Å². The molecule has 0 saturated heterocycles. The van der Waals surface area contributed by atoms with Crippen molar-refractivity contribution < 1.29 is 0 Å².